The Kier molecular flexibility index (Phi) is 6.72. The van der Waals surface area contributed by atoms with E-state index in [-0.39, 0.29) is 10.8 Å². The molecule has 0 saturated carbocycles. The van der Waals surface area contributed by atoms with Crippen LogP contribution in [0, 0.1) is 0 Å². The van der Waals surface area contributed by atoms with Crippen molar-refractivity contribution in [3.63, 3.8) is 0 Å². The lowest BCUT2D eigenvalue weighted by molar-refractivity contribution is -0.121. The van der Waals surface area contributed by atoms with Crippen molar-refractivity contribution in [3.8, 4) is 0 Å². The molecule has 1 N–H and O–H groups in total. The lowest BCUT2D eigenvalue weighted by Gasteiger charge is -2.36. The van der Waals surface area contributed by atoms with Crippen molar-refractivity contribution in [2.24, 2.45) is 0 Å². The van der Waals surface area contributed by atoms with E-state index in [9.17, 15) is 13.2 Å². The van der Waals surface area contributed by atoms with Gasteiger partial charge < -0.3 is 5.32 Å². The summed E-state index contributed by atoms with van der Waals surface area (Å²) in [4.78, 5) is 18.7. The monoisotopic (exact) mass is 486 g/mol. The Hall–Kier alpha value is -1.52. The molecule has 2 heterocycles. The second kappa shape index (κ2) is 8.87. The van der Waals surface area contributed by atoms with Crippen LogP contribution in [0.15, 0.2) is 52.0 Å². The van der Waals surface area contributed by atoms with Crippen LogP contribution < -0.4 is 5.32 Å². The molecule has 1 aromatic carbocycles. The van der Waals surface area contributed by atoms with Gasteiger partial charge in [-0.15, -0.1) is 0 Å². The van der Waals surface area contributed by atoms with E-state index in [0.29, 0.717) is 41.5 Å². The maximum Gasteiger partial charge on any atom is 0.243 e. The number of amides is 1. The Bertz CT molecular complexity index is 948. The molecule has 0 aliphatic carbocycles. The molecule has 150 valence electrons. The van der Waals surface area contributed by atoms with Crippen LogP contribution in [0.1, 0.15) is 6.92 Å². The Balaban J connectivity index is 1.59. The predicted molar refractivity (Wildman–Crippen MR) is 112 cm³/mol. The molecular formula is C18H20BrClN4O3S. The molecule has 1 saturated heterocycles. The molecule has 1 amide bonds. The van der Waals surface area contributed by atoms with Gasteiger partial charge >= 0.3 is 0 Å². The number of hydrogen-bond donors (Lipinski definition) is 1. The van der Waals surface area contributed by atoms with E-state index in [4.69, 9.17) is 11.6 Å². The van der Waals surface area contributed by atoms with Crippen LogP contribution >= 0.6 is 27.5 Å². The fraction of sp³-hybridized carbons (Fsp3) is 0.333. The average Bonchev–Trinajstić information content (AvgIpc) is 2.69. The molecule has 3 rings (SSSR count). The molecule has 10 heteroatoms. The number of anilines is 1. The van der Waals surface area contributed by atoms with Gasteiger partial charge in [0.05, 0.1) is 16.0 Å². The number of hydrogen-bond acceptors (Lipinski definition) is 5. The molecule has 28 heavy (non-hydrogen) atoms. The largest absolute Gasteiger partial charge is 0.309 e. The minimum Gasteiger partial charge on any atom is -0.309 e. The van der Waals surface area contributed by atoms with Crippen molar-refractivity contribution in [1.82, 2.24) is 14.2 Å². The fourth-order valence-corrected chi connectivity index (χ4v) is 5.09. The van der Waals surface area contributed by atoms with Crippen molar-refractivity contribution < 1.29 is 13.2 Å². The van der Waals surface area contributed by atoms with Gasteiger partial charge in [0.15, 0.2) is 0 Å². The maximum atomic E-state index is 12.8. The van der Waals surface area contributed by atoms with E-state index in [1.54, 1.807) is 43.3 Å². The fourth-order valence-electron chi connectivity index (χ4n) is 2.95. The zero-order valence-corrected chi connectivity index (χ0v) is 18.3. The summed E-state index contributed by atoms with van der Waals surface area (Å²) in [6.07, 6.45) is 1.47. The van der Waals surface area contributed by atoms with Gasteiger partial charge in [-0.25, -0.2) is 13.4 Å². The Morgan fingerprint density at radius 1 is 1.21 bits per heavy atom. The average molecular weight is 488 g/mol. The highest BCUT2D eigenvalue weighted by Crippen LogP contribution is 2.22. The van der Waals surface area contributed by atoms with Gasteiger partial charge in [-0.2, -0.15) is 4.31 Å². The topological polar surface area (TPSA) is 82.6 Å². The van der Waals surface area contributed by atoms with Crippen LogP contribution in [-0.2, 0) is 14.8 Å². The second-order valence-corrected chi connectivity index (χ2v) is 9.71. The third-order valence-electron chi connectivity index (χ3n) is 4.61. The van der Waals surface area contributed by atoms with Gasteiger partial charge in [0.1, 0.15) is 5.82 Å². The van der Waals surface area contributed by atoms with Crippen LogP contribution in [0.4, 0.5) is 5.82 Å². The molecule has 0 spiro atoms. The minimum absolute atomic E-state index is 0.196. The summed E-state index contributed by atoms with van der Waals surface area (Å²) in [6, 6.07) is 9.54. The number of nitrogens with one attached hydrogen (secondary N) is 1. The highest BCUT2D eigenvalue weighted by atomic mass is 79.9. The van der Waals surface area contributed by atoms with Gasteiger partial charge in [-0.1, -0.05) is 33.6 Å². The first-order valence-electron chi connectivity index (χ1n) is 8.69. The lowest BCUT2D eigenvalue weighted by atomic mass is 10.2. The first kappa shape index (κ1) is 21.2. The number of sulfonamides is 1. The zero-order chi connectivity index (χ0) is 20.3. The summed E-state index contributed by atoms with van der Waals surface area (Å²) >= 11 is 9.10. The highest BCUT2D eigenvalue weighted by molar-refractivity contribution is 9.10. The molecule has 0 radical (unpaired) electrons. The number of nitrogens with zero attached hydrogens (tertiary/aromatic N) is 3. The van der Waals surface area contributed by atoms with E-state index in [2.05, 4.69) is 26.2 Å². The maximum absolute atomic E-state index is 12.8. The summed E-state index contributed by atoms with van der Waals surface area (Å²) in [5.41, 5.74) is 0. The van der Waals surface area contributed by atoms with E-state index in [1.807, 2.05) is 4.90 Å². The zero-order valence-electron chi connectivity index (χ0n) is 15.2. The molecule has 0 bridgehead atoms. The van der Waals surface area contributed by atoms with Crippen molar-refractivity contribution in [2.45, 2.75) is 17.9 Å². The summed E-state index contributed by atoms with van der Waals surface area (Å²) in [6.45, 7) is 3.38. The molecule has 1 unspecified atom stereocenters. The molecule has 7 nitrogen and oxygen atoms in total. The first-order chi connectivity index (χ1) is 13.3. The Morgan fingerprint density at radius 2 is 1.93 bits per heavy atom. The summed E-state index contributed by atoms with van der Waals surface area (Å²) in [5, 5.41) is 3.25. The molecule has 2 aromatic rings. The first-order valence-corrected chi connectivity index (χ1v) is 11.3. The molecule has 1 atom stereocenters. The van der Waals surface area contributed by atoms with Gasteiger partial charge in [0, 0.05) is 36.8 Å². The number of pyridine rings is 1. The predicted octanol–water partition coefficient (Wildman–Crippen LogP) is 2.83. The molecule has 1 aliphatic rings. The number of benzene rings is 1. The quantitative estimate of drug-likeness (QED) is 0.701. The Labute approximate surface area is 177 Å². The summed E-state index contributed by atoms with van der Waals surface area (Å²) in [5.74, 6) is 0.232. The van der Waals surface area contributed by atoms with Crippen LogP contribution in [0.25, 0.3) is 0 Å². The molecular weight excluding hydrogens is 468 g/mol. The van der Waals surface area contributed by atoms with Gasteiger partial charge in [0.25, 0.3) is 0 Å². The van der Waals surface area contributed by atoms with E-state index in [1.165, 1.54) is 10.5 Å². The summed E-state index contributed by atoms with van der Waals surface area (Å²) in [7, 11) is -3.55. The number of halogens is 2. The Morgan fingerprint density at radius 3 is 2.54 bits per heavy atom. The number of piperazine rings is 1. The van der Waals surface area contributed by atoms with Crippen molar-refractivity contribution >= 4 is 49.3 Å². The van der Waals surface area contributed by atoms with E-state index >= 15 is 0 Å². The van der Waals surface area contributed by atoms with Gasteiger partial charge in [-0.3, -0.25) is 9.69 Å². The van der Waals surface area contributed by atoms with E-state index in [0.717, 1.165) is 0 Å². The van der Waals surface area contributed by atoms with Crippen LogP contribution in [0.3, 0.4) is 0 Å². The van der Waals surface area contributed by atoms with Crippen molar-refractivity contribution in [1.29, 1.82) is 0 Å². The lowest BCUT2D eigenvalue weighted by Crippen LogP contribution is -2.53. The minimum atomic E-state index is -3.55. The van der Waals surface area contributed by atoms with Crippen LogP contribution in [-0.4, -0.2) is 60.7 Å². The smallest absolute Gasteiger partial charge is 0.243 e. The third-order valence-corrected chi connectivity index (χ3v) is 7.22. The summed E-state index contributed by atoms with van der Waals surface area (Å²) < 4.78 is 27.8. The normalized spacial score (nSPS) is 17.2. The van der Waals surface area contributed by atoms with Crippen molar-refractivity contribution in [3.05, 3.63) is 52.1 Å². The van der Waals surface area contributed by atoms with Crippen LogP contribution in [0.2, 0.25) is 5.02 Å². The standard InChI is InChI=1S/C18H20BrClN4O3S/c1-13(18(25)22-17-6-5-15(20)12-21-17)23-7-9-24(10-8-23)28(26,27)16-4-2-3-14(19)11-16/h2-6,11-13H,7-10H2,1H3,(H,21,22,25). The van der Waals surface area contributed by atoms with Gasteiger partial charge in [0.2, 0.25) is 15.9 Å². The van der Waals surface area contributed by atoms with Crippen molar-refractivity contribution in [2.75, 3.05) is 31.5 Å². The van der Waals surface area contributed by atoms with Crippen LogP contribution in [0.5, 0.6) is 0 Å². The number of carbonyl (C=O) groups excluding carboxylic acids is 1. The highest BCUT2D eigenvalue weighted by Gasteiger charge is 2.32. The molecule has 1 aliphatic heterocycles. The number of aromatic nitrogens is 1. The SMILES string of the molecule is CC(C(=O)Nc1ccc(Cl)cn1)N1CCN(S(=O)(=O)c2cccc(Br)c2)CC1. The molecule has 1 aromatic heterocycles. The van der Waals surface area contributed by atoms with E-state index < -0.39 is 16.1 Å². The van der Waals surface area contributed by atoms with Gasteiger partial charge in [-0.05, 0) is 37.3 Å². The second-order valence-electron chi connectivity index (χ2n) is 6.42. The number of rotatable bonds is 5. The third kappa shape index (κ3) is 4.90. The molecule has 1 fully saturated rings. The number of carbonyl (C=O) groups is 1.